The Bertz CT molecular complexity index is 883. The third-order valence-corrected chi connectivity index (χ3v) is 4.76. The Labute approximate surface area is 196 Å². The minimum atomic E-state index is -1.04. The molecule has 1 rings (SSSR count). The second kappa shape index (κ2) is 11.2. The van der Waals surface area contributed by atoms with Crippen molar-refractivity contribution in [2.24, 2.45) is 0 Å². The first kappa shape index (κ1) is 27.9. The normalized spacial score (nSPS) is 12.4. The van der Waals surface area contributed by atoms with E-state index in [0.717, 1.165) is 11.1 Å². The second-order valence-electron chi connectivity index (χ2n) is 9.83. The Morgan fingerprint density at radius 2 is 1.55 bits per heavy atom. The number of rotatable bonds is 7. The summed E-state index contributed by atoms with van der Waals surface area (Å²) in [5.74, 6) is -1.63. The standard InChI is InChI=1S/C24H37N3O6/c1-15-10-11-17(12-16(15)2)20(21(30)25-14-19(29)32-9)27(23(3,4)5)18(28)13-26-22(31)33-24(6,7)8/h10-12,20H,13-14H2,1-9H3,(H,25,30)(H,26,31). The van der Waals surface area contributed by atoms with Crippen molar-refractivity contribution in [1.29, 1.82) is 0 Å². The van der Waals surface area contributed by atoms with Gasteiger partial charge in [0.15, 0.2) is 0 Å². The van der Waals surface area contributed by atoms with Crippen molar-refractivity contribution in [3.63, 3.8) is 0 Å². The number of esters is 1. The third kappa shape index (κ3) is 8.75. The monoisotopic (exact) mass is 463 g/mol. The molecular formula is C24H37N3O6. The number of carbonyl (C=O) groups is 4. The van der Waals surface area contributed by atoms with Gasteiger partial charge < -0.3 is 25.0 Å². The summed E-state index contributed by atoms with van der Waals surface area (Å²) in [5, 5.41) is 5.01. The van der Waals surface area contributed by atoms with Crippen LogP contribution in [0.1, 0.15) is 64.3 Å². The fourth-order valence-electron chi connectivity index (χ4n) is 3.13. The first-order valence-corrected chi connectivity index (χ1v) is 10.8. The minimum Gasteiger partial charge on any atom is -0.468 e. The molecule has 0 saturated heterocycles. The lowest BCUT2D eigenvalue weighted by Crippen LogP contribution is -2.55. The zero-order valence-corrected chi connectivity index (χ0v) is 21.1. The number of hydrogen-bond donors (Lipinski definition) is 2. The lowest BCUT2D eigenvalue weighted by atomic mass is 9.94. The molecule has 0 aromatic heterocycles. The number of carbonyl (C=O) groups excluding carboxylic acids is 4. The van der Waals surface area contributed by atoms with Crippen LogP contribution in [0.25, 0.3) is 0 Å². The predicted molar refractivity (Wildman–Crippen MR) is 125 cm³/mol. The highest BCUT2D eigenvalue weighted by Gasteiger charge is 2.38. The number of amides is 3. The Morgan fingerprint density at radius 1 is 0.939 bits per heavy atom. The van der Waals surface area contributed by atoms with Crippen molar-refractivity contribution >= 4 is 23.9 Å². The number of nitrogens with one attached hydrogen (secondary N) is 2. The molecule has 184 valence electrons. The first-order chi connectivity index (χ1) is 15.1. The van der Waals surface area contributed by atoms with Gasteiger partial charge in [0, 0.05) is 5.54 Å². The van der Waals surface area contributed by atoms with Crippen LogP contribution in [-0.4, -0.2) is 60.1 Å². The van der Waals surface area contributed by atoms with Gasteiger partial charge in [-0.15, -0.1) is 0 Å². The lowest BCUT2D eigenvalue weighted by molar-refractivity contribution is -0.147. The predicted octanol–water partition coefficient (Wildman–Crippen LogP) is 2.79. The van der Waals surface area contributed by atoms with E-state index >= 15 is 0 Å². The fourth-order valence-corrected chi connectivity index (χ4v) is 3.13. The van der Waals surface area contributed by atoms with Crippen molar-refractivity contribution in [2.45, 2.75) is 72.6 Å². The molecule has 33 heavy (non-hydrogen) atoms. The largest absolute Gasteiger partial charge is 0.468 e. The molecule has 0 fully saturated rings. The minimum absolute atomic E-state index is 0.334. The van der Waals surface area contributed by atoms with Gasteiger partial charge in [-0.25, -0.2) is 4.79 Å². The van der Waals surface area contributed by atoms with Crippen LogP contribution in [0.2, 0.25) is 0 Å². The number of nitrogens with zero attached hydrogens (tertiary/aromatic N) is 1. The Balaban J connectivity index is 3.32. The van der Waals surface area contributed by atoms with Crippen molar-refractivity contribution in [2.75, 3.05) is 20.2 Å². The van der Waals surface area contributed by atoms with Crippen LogP contribution in [0.5, 0.6) is 0 Å². The number of methoxy groups -OCH3 is 1. The Kier molecular flexibility index (Phi) is 9.45. The van der Waals surface area contributed by atoms with Crippen molar-refractivity contribution in [3.05, 3.63) is 34.9 Å². The summed E-state index contributed by atoms with van der Waals surface area (Å²) in [6.07, 6.45) is -0.734. The summed E-state index contributed by atoms with van der Waals surface area (Å²) in [4.78, 5) is 51.6. The smallest absolute Gasteiger partial charge is 0.408 e. The van der Waals surface area contributed by atoms with Crippen molar-refractivity contribution in [1.82, 2.24) is 15.5 Å². The topological polar surface area (TPSA) is 114 Å². The zero-order valence-electron chi connectivity index (χ0n) is 21.1. The number of alkyl carbamates (subject to hydrolysis) is 1. The van der Waals surface area contributed by atoms with Gasteiger partial charge in [0.1, 0.15) is 24.7 Å². The molecule has 2 N–H and O–H groups in total. The lowest BCUT2D eigenvalue weighted by Gasteiger charge is -2.41. The molecule has 1 unspecified atom stereocenters. The average molecular weight is 464 g/mol. The first-order valence-electron chi connectivity index (χ1n) is 10.8. The van der Waals surface area contributed by atoms with Crippen LogP contribution in [0.3, 0.4) is 0 Å². The van der Waals surface area contributed by atoms with Gasteiger partial charge in [-0.2, -0.15) is 0 Å². The van der Waals surface area contributed by atoms with E-state index in [1.165, 1.54) is 12.0 Å². The summed E-state index contributed by atoms with van der Waals surface area (Å²) in [5.41, 5.74) is 1.06. The van der Waals surface area contributed by atoms with Crippen molar-refractivity contribution in [3.8, 4) is 0 Å². The van der Waals surface area contributed by atoms with E-state index in [1.807, 2.05) is 26.0 Å². The fraction of sp³-hybridized carbons (Fsp3) is 0.583. The maximum atomic E-state index is 13.3. The molecular weight excluding hydrogens is 426 g/mol. The average Bonchev–Trinajstić information content (AvgIpc) is 2.68. The van der Waals surface area contributed by atoms with Crippen LogP contribution in [0, 0.1) is 13.8 Å². The maximum Gasteiger partial charge on any atom is 0.408 e. The van der Waals surface area contributed by atoms with Crippen LogP contribution >= 0.6 is 0 Å². The molecule has 3 amide bonds. The van der Waals surface area contributed by atoms with Crippen LogP contribution in [0.4, 0.5) is 4.79 Å². The molecule has 0 radical (unpaired) electrons. The number of hydrogen-bond acceptors (Lipinski definition) is 6. The molecule has 0 aliphatic carbocycles. The van der Waals surface area contributed by atoms with Crippen LogP contribution < -0.4 is 10.6 Å². The van der Waals surface area contributed by atoms with Gasteiger partial charge >= 0.3 is 12.1 Å². The molecule has 0 aliphatic heterocycles. The summed E-state index contributed by atoms with van der Waals surface area (Å²) < 4.78 is 9.81. The third-order valence-electron chi connectivity index (χ3n) is 4.76. The van der Waals surface area contributed by atoms with Gasteiger partial charge in [-0.1, -0.05) is 18.2 Å². The zero-order chi connectivity index (χ0) is 25.6. The van der Waals surface area contributed by atoms with Gasteiger partial charge in [0.25, 0.3) is 0 Å². The Morgan fingerprint density at radius 3 is 2.03 bits per heavy atom. The van der Waals surface area contributed by atoms with Crippen LogP contribution in [0.15, 0.2) is 18.2 Å². The number of benzene rings is 1. The summed E-state index contributed by atoms with van der Waals surface area (Å²) in [6, 6.07) is 4.44. The van der Waals surface area contributed by atoms with Gasteiger partial charge in [-0.3, -0.25) is 14.4 Å². The van der Waals surface area contributed by atoms with Gasteiger partial charge in [0.2, 0.25) is 11.8 Å². The molecule has 9 nitrogen and oxygen atoms in total. The van der Waals surface area contributed by atoms with Crippen molar-refractivity contribution < 1.29 is 28.7 Å². The number of aryl methyl sites for hydroxylation is 2. The summed E-state index contributed by atoms with van der Waals surface area (Å²) in [7, 11) is 1.22. The molecule has 0 aliphatic rings. The van der Waals surface area contributed by atoms with E-state index in [1.54, 1.807) is 47.6 Å². The highest BCUT2D eigenvalue weighted by Crippen LogP contribution is 2.30. The summed E-state index contributed by atoms with van der Waals surface area (Å²) in [6.45, 7) is 13.7. The van der Waals surface area contributed by atoms with Gasteiger partial charge in [-0.05, 0) is 72.1 Å². The van der Waals surface area contributed by atoms with E-state index in [2.05, 4.69) is 15.4 Å². The molecule has 9 heteroatoms. The highest BCUT2D eigenvalue weighted by atomic mass is 16.6. The molecule has 1 aromatic carbocycles. The summed E-state index contributed by atoms with van der Waals surface area (Å²) >= 11 is 0. The Hall–Kier alpha value is -3.10. The molecule has 0 bridgehead atoms. The molecule has 0 heterocycles. The molecule has 0 spiro atoms. The van der Waals surface area contributed by atoms with E-state index in [4.69, 9.17) is 4.74 Å². The maximum absolute atomic E-state index is 13.3. The quantitative estimate of drug-likeness (QED) is 0.601. The van der Waals surface area contributed by atoms with Gasteiger partial charge in [0.05, 0.1) is 7.11 Å². The molecule has 1 atom stereocenters. The van der Waals surface area contributed by atoms with Crippen LogP contribution in [-0.2, 0) is 23.9 Å². The highest BCUT2D eigenvalue weighted by molar-refractivity contribution is 5.92. The van der Waals surface area contributed by atoms with E-state index in [0.29, 0.717) is 5.56 Å². The number of ether oxygens (including phenoxy) is 2. The van der Waals surface area contributed by atoms with E-state index in [9.17, 15) is 19.2 Å². The molecule has 1 aromatic rings. The molecule has 0 saturated carbocycles. The second-order valence-corrected chi connectivity index (χ2v) is 9.83. The van der Waals surface area contributed by atoms with E-state index in [-0.39, 0.29) is 13.1 Å². The van der Waals surface area contributed by atoms with E-state index < -0.39 is 41.1 Å². The SMILES string of the molecule is COC(=O)CNC(=O)C(c1ccc(C)c(C)c1)N(C(=O)CNC(=O)OC(C)(C)C)C(C)(C)C.